The number of ether oxygens (including phenoxy) is 1. The summed E-state index contributed by atoms with van der Waals surface area (Å²) in [7, 11) is 0. The van der Waals surface area contributed by atoms with Crippen LogP contribution in [-0.4, -0.2) is 36.4 Å². The number of hydrogen-bond acceptors (Lipinski definition) is 4. The molecule has 0 unspecified atom stereocenters. The fraction of sp³-hybridized carbons (Fsp3) is 0.400. The molecule has 114 valence electrons. The molecule has 0 saturated heterocycles. The quantitative estimate of drug-likeness (QED) is 0.499. The van der Waals surface area contributed by atoms with Crippen LogP contribution in [0.15, 0.2) is 24.3 Å². The smallest absolute Gasteiger partial charge is 0.322 e. The molecule has 0 heterocycles. The van der Waals surface area contributed by atoms with Crippen LogP contribution in [0.2, 0.25) is 0 Å². The molecule has 6 nitrogen and oxygen atoms in total. The Morgan fingerprint density at radius 1 is 1.24 bits per heavy atom. The zero-order chi connectivity index (χ0) is 15.5. The molecule has 1 aromatic carbocycles. The van der Waals surface area contributed by atoms with E-state index >= 15 is 0 Å². The summed E-state index contributed by atoms with van der Waals surface area (Å²) in [6.07, 6.45) is 2.85. The van der Waals surface area contributed by atoms with E-state index in [1.807, 2.05) is 24.3 Å². The lowest BCUT2D eigenvalue weighted by atomic mass is 10.1. The van der Waals surface area contributed by atoms with Gasteiger partial charge in [0.15, 0.2) is 0 Å². The normalized spacial score (nSPS) is 9.90. The van der Waals surface area contributed by atoms with Gasteiger partial charge in [-0.05, 0) is 30.5 Å². The minimum absolute atomic E-state index is 0.227. The number of aliphatic carboxylic acids is 1. The number of amides is 1. The van der Waals surface area contributed by atoms with Gasteiger partial charge in [-0.1, -0.05) is 12.1 Å². The summed E-state index contributed by atoms with van der Waals surface area (Å²) < 4.78 is 5.48. The van der Waals surface area contributed by atoms with E-state index in [1.165, 1.54) is 0 Å². The zero-order valence-electron chi connectivity index (χ0n) is 11.7. The van der Waals surface area contributed by atoms with Gasteiger partial charge in [-0.2, -0.15) is 0 Å². The van der Waals surface area contributed by atoms with Gasteiger partial charge in [0.2, 0.25) is 5.91 Å². The van der Waals surface area contributed by atoms with Crippen LogP contribution in [0.25, 0.3) is 0 Å². The molecule has 0 radical (unpaired) electrons. The average Bonchev–Trinajstić information content (AvgIpc) is 2.48. The predicted molar refractivity (Wildman–Crippen MR) is 76.2 cm³/mol. The monoisotopic (exact) mass is 293 g/mol. The number of benzene rings is 1. The van der Waals surface area contributed by atoms with Crippen LogP contribution in [0.1, 0.15) is 24.8 Å². The molecule has 1 amide bonds. The Hall–Kier alpha value is -2.37. The molecule has 2 N–H and O–H groups in total. The van der Waals surface area contributed by atoms with Crippen LogP contribution in [0.4, 0.5) is 0 Å². The van der Waals surface area contributed by atoms with Crippen molar-refractivity contribution in [3.8, 4) is 5.75 Å². The maximum atomic E-state index is 11.2. The molecule has 1 aromatic rings. The first-order valence-electron chi connectivity index (χ1n) is 6.75. The molecule has 0 aliphatic heterocycles. The van der Waals surface area contributed by atoms with Crippen LogP contribution in [-0.2, 0) is 20.8 Å². The molecular weight excluding hydrogens is 274 g/mol. The highest BCUT2D eigenvalue weighted by Crippen LogP contribution is 2.13. The molecule has 0 aromatic heterocycles. The maximum absolute atomic E-state index is 11.2. The predicted octanol–water partition coefficient (Wildman–Crippen LogP) is 1.18. The summed E-state index contributed by atoms with van der Waals surface area (Å²) in [4.78, 5) is 31.8. The summed E-state index contributed by atoms with van der Waals surface area (Å²) >= 11 is 0. The Kier molecular flexibility index (Phi) is 7.56. The SMILES string of the molecule is O=CCCc1ccc(OCCCC(=O)NCC(=O)O)cc1. The van der Waals surface area contributed by atoms with E-state index in [9.17, 15) is 14.4 Å². The van der Waals surface area contributed by atoms with Crippen LogP contribution in [0.5, 0.6) is 5.75 Å². The van der Waals surface area contributed by atoms with E-state index in [1.54, 1.807) is 0 Å². The number of carboxylic acid groups (broad SMARTS) is 1. The van der Waals surface area contributed by atoms with Gasteiger partial charge >= 0.3 is 5.97 Å². The summed E-state index contributed by atoms with van der Waals surface area (Å²) in [6, 6.07) is 7.45. The first kappa shape index (κ1) is 16.7. The number of carboxylic acids is 1. The second kappa shape index (κ2) is 9.52. The lowest BCUT2D eigenvalue weighted by Gasteiger charge is -2.07. The largest absolute Gasteiger partial charge is 0.494 e. The third kappa shape index (κ3) is 7.71. The highest BCUT2D eigenvalue weighted by Gasteiger charge is 2.03. The highest BCUT2D eigenvalue weighted by atomic mass is 16.5. The number of nitrogens with one attached hydrogen (secondary N) is 1. The van der Waals surface area contributed by atoms with Crippen molar-refractivity contribution in [2.45, 2.75) is 25.7 Å². The van der Waals surface area contributed by atoms with E-state index < -0.39 is 5.97 Å². The minimum atomic E-state index is -1.06. The van der Waals surface area contributed by atoms with Crippen LogP contribution < -0.4 is 10.1 Å². The molecule has 0 spiro atoms. The zero-order valence-corrected chi connectivity index (χ0v) is 11.7. The number of rotatable bonds is 10. The summed E-state index contributed by atoms with van der Waals surface area (Å²) in [6.45, 7) is 0.0239. The molecule has 6 heteroatoms. The molecule has 0 saturated carbocycles. The van der Waals surface area contributed by atoms with Gasteiger partial charge in [0, 0.05) is 12.8 Å². The Morgan fingerprint density at radius 3 is 2.57 bits per heavy atom. The Balaban J connectivity index is 2.19. The van der Waals surface area contributed by atoms with Gasteiger partial charge in [0.05, 0.1) is 6.61 Å². The summed E-state index contributed by atoms with van der Waals surface area (Å²) in [5, 5.41) is 10.7. The Morgan fingerprint density at radius 2 is 1.95 bits per heavy atom. The van der Waals surface area contributed by atoms with E-state index in [2.05, 4.69) is 5.32 Å². The van der Waals surface area contributed by atoms with Crippen LogP contribution >= 0.6 is 0 Å². The van der Waals surface area contributed by atoms with Gasteiger partial charge in [0.25, 0.3) is 0 Å². The van der Waals surface area contributed by atoms with Crippen molar-refractivity contribution in [2.75, 3.05) is 13.2 Å². The average molecular weight is 293 g/mol. The second-order valence-corrected chi connectivity index (χ2v) is 4.47. The second-order valence-electron chi connectivity index (χ2n) is 4.47. The van der Waals surface area contributed by atoms with Crippen molar-refractivity contribution in [1.29, 1.82) is 0 Å². The maximum Gasteiger partial charge on any atom is 0.322 e. The minimum Gasteiger partial charge on any atom is -0.494 e. The van der Waals surface area contributed by atoms with E-state index in [-0.39, 0.29) is 18.9 Å². The number of aryl methyl sites for hydroxylation is 1. The number of carbonyl (C=O) groups excluding carboxylic acids is 2. The number of aldehydes is 1. The highest BCUT2D eigenvalue weighted by molar-refractivity contribution is 5.80. The Bertz CT molecular complexity index is 469. The van der Waals surface area contributed by atoms with Crippen molar-refractivity contribution in [3.63, 3.8) is 0 Å². The van der Waals surface area contributed by atoms with Gasteiger partial charge in [-0.25, -0.2) is 0 Å². The summed E-state index contributed by atoms with van der Waals surface area (Å²) in [5.74, 6) is -0.657. The van der Waals surface area contributed by atoms with E-state index in [4.69, 9.17) is 9.84 Å². The number of hydrogen-bond donors (Lipinski definition) is 2. The molecule has 21 heavy (non-hydrogen) atoms. The van der Waals surface area contributed by atoms with Crippen molar-refractivity contribution in [1.82, 2.24) is 5.32 Å². The van der Waals surface area contributed by atoms with Crippen molar-refractivity contribution in [2.24, 2.45) is 0 Å². The van der Waals surface area contributed by atoms with Crippen molar-refractivity contribution in [3.05, 3.63) is 29.8 Å². The lowest BCUT2D eigenvalue weighted by molar-refractivity contribution is -0.138. The molecule has 0 aliphatic rings. The van der Waals surface area contributed by atoms with Crippen molar-refractivity contribution >= 4 is 18.2 Å². The topological polar surface area (TPSA) is 92.7 Å². The molecule has 0 fully saturated rings. The molecule has 1 rings (SSSR count). The lowest BCUT2D eigenvalue weighted by Crippen LogP contribution is -2.29. The van der Waals surface area contributed by atoms with Crippen molar-refractivity contribution < 1.29 is 24.2 Å². The first-order chi connectivity index (χ1) is 10.1. The van der Waals surface area contributed by atoms with Gasteiger partial charge in [0.1, 0.15) is 18.6 Å². The number of carbonyl (C=O) groups is 3. The Labute approximate surface area is 123 Å². The van der Waals surface area contributed by atoms with E-state index in [0.717, 1.165) is 11.8 Å². The molecule has 0 atom stereocenters. The molecular formula is C15H19NO5. The first-order valence-corrected chi connectivity index (χ1v) is 6.75. The fourth-order valence-electron chi connectivity index (χ4n) is 1.66. The van der Waals surface area contributed by atoms with Gasteiger partial charge < -0.3 is 20.0 Å². The van der Waals surface area contributed by atoms with Crippen LogP contribution in [0, 0.1) is 0 Å². The summed E-state index contributed by atoms with van der Waals surface area (Å²) in [5.41, 5.74) is 1.07. The van der Waals surface area contributed by atoms with Crippen LogP contribution in [0.3, 0.4) is 0 Å². The molecule has 0 aliphatic carbocycles. The molecule has 0 bridgehead atoms. The third-order valence-electron chi connectivity index (χ3n) is 2.73. The van der Waals surface area contributed by atoms with Gasteiger partial charge in [-0.15, -0.1) is 0 Å². The third-order valence-corrected chi connectivity index (χ3v) is 2.73. The standard InChI is InChI=1S/C15H19NO5/c17-9-1-3-12-5-7-13(8-6-12)21-10-2-4-14(18)16-11-15(19)20/h5-9H,1-4,10-11H2,(H,16,18)(H,19,20). The van der Waals surface area contributed by atoms with Gasteiger partial charge in [-0.3, -0.25) is 9.59 Å². The fourth-order valence-corrected chi connectivity index (χ4v) is 1.66. The van der Waals surface area contributed by atoms with E-state index in [0.29, 0.717) is 31.6 Å².